The molecule has 8 nitrogen and oxygen atoms in total. The summed E-state index contributed by atoms with van der Waals surface area (Å²) in [6.07, 6.45) is 0.148. The largest absolute Gasteiger partial charge is 0.481 e. The van der Waals surface area contributed by atoms with Crippen molar-refractivity contribution >= 4 is 18.0 Å². The summed E-state index contributed by atoms with van der Waals surface area (Å²) in [7, 11) is 0. The van der Waals surface area contributed by atoms with Gasteiger partial charge < -0.3 is 25.2 Å². The zero-order chi connectivity index (χ0) is 16.3. The molecule has 2 amide bonds. The van der Waals surface area contributed by atoms with E-state index in [2.05, 4.69) is 5.32 Å². The van der Waals surface area contributed by atoms with Crippen molar-refractivity contribution < 1.29 is 29.3 Å². The number of carbonyl (C=O) groups excluding carboxylic acids is 1. The molecular weight excluding hydrogens is 280 g/mol. The Bertz CT molecular complexity index is 348. The van der Waals surface area contributed by atoms with Crippen molar-refractivity contribution in [2.45, 2.75) is 39.2 Å². The Morgan fingerprint density at radius 1 is 1.24 bits per heavy atom. The van der Waals surface area contributed by atoms with E-state index in [9.17, 15) is 14.4 Å². The normalized spacial score (nSPS) is 11.7. The van der Waals surface area contributed by atoms with Crippen LogP contribution in [-0.2, 0) is 14.3 Å². The summed E-state index contributed by atoms with van der Waals surface area (Å²) < 4.78 is 5.16. The summed E-state index contributed by atoms with van der Waals surface area (Å²) in [5.41, 5.74) is 0. The van der Waals surface area contributed by atoms with Gasteiger partial charge in [-0.1, -0.05) is 0 Å². The Hall–Kier alpha value is -1.83. The summed E-state index contributed by atoms with van der Waals surface area (Å²) in [5, 5.41) is 20.0. The summed E-state index contributed by atoms with van der Waals surface area (Å²) in [6.45, 7) is 5.36. The molecule has 0 rings (SSSR count). The van der Waals surface area contributed by atoms with Crippen molar-refractivity contribution in [1.29, 1.82) is 0 Å². The lowest BCUT2D eigenvalue weighted by Crippen LogP contribution is -2.48. The minimum absolute atomic E-state index is 0.0797. The van der Waals surface area contributed by atoms with Crippen LogP contribution in [-0.4, -0.2) is 65.4 Å². The lowest BCUT2D eigenvalue weighted by Gasteiger charge is -2.23. The number of carbonyl (C=O) groups is 3. The molecule has 8 heteroatoms. The van der Waals surface area contributed by atoms with Crippen LogP contribution in [0.25, 0.3) is 0 Å². The van der Waals surface area contributed by atoms with E-state index in [0.29, 0.717) is 26.3 Å². The molecule has 3 N–H and O–H groups in total. The summed E-state index contributed by atoms with van der Waals surface area (Å²) in [4.78, 5) is 34.9. The molecule has 0 fully saturated rings. The molecule has 1 atom stereocenters. The van der Waals surface area contributed by atoms with Crippen molar-refractivity contribution in [2.24, 2.45) is 0 Å². The van der Waals surface area contributed by atoms with Crippen LogP contribution in [0.4, 0.5) is 4.79 Å². The van der Waals surface area contributed by atoms with Crippen molar-refractivity contribution in [1.82, 2.24) is 10.2 Å². The van der Waals surface area contributed by atoms with Crippen molar-refractivity contribution in [3.8, 4) is 0 Å². The Kier molecular flexibility index (Phi) is 9.95. The lowest BCUT2D eigenvalue weighted by molar-refractivity contribution is -0.140. The minimum Gasteiger partial charge on any atom is -0.481 e. The number of ether oxygens (including phenoxy) is 1. The van der Waals surface area contributed by atoms with E-state index in [1.165, 1.54) is 4.90 Å². The average molecular weight is 304 g/mol. The van der Waals surface area contributed by atoms with E-state index in [-0.39, 0.29) is 19.3 Å². The van der Waals surface area contributed by atoms with Crippen LogP contribution >= 0.6 is 0 Å². The number of hydrogen-bond donors (Lipinski definition) is 3. The van der Waals surface area contributed by atoms with Gasteiger partial charge in [0, 0.05) is 26.1 Å². The van der Waals surface area contributed by atoms with Gasteiger partial charge >= 0.3 is 18.0 Å². The first kappa shape index (κ1) is 19.2. The van der Waals surface area contributed by atoms with Gasteiger partial charge in [-0.05, 0) is 26.7 Å². The molecule has 0 aromatic carbocycles. The number of carboxylic acid groups (broad SMARTS) is 2. The second kappa shape index (κ2) is 10.9. The highest BCUT2D eigenvalue weighted by molar-refractivity contribution is 5.82. The number of nitrogens with one attached hydrogen (secondary N) is 1. The van der Waals surface area contributed by atoms with Gasteiger partial charge in [0.15, 0.2) is 0 Å². The second-order valence-electron chi connectivity index (χ2n) is 4.40. The molecule has 0 bridgehead atoms. The van der Waals surface area contributed by atoms with E-state index in [1.807, 2.05) is 6.92 Å². The molecule has 0 unspecified atom stereocenters. The lowest BCUT2D eigenvalue weighted by atomic mass is 10.1. The average Bonchev–Trinajstić information content (AvgIpc) is 2.41. The van der Waals surface area contributed by atoms with Crippen LogP contribution < -0.4 is 5.32 Å². The highest BCUT2D eigenvalue weighted by Gasteiger charge is 2.22. The maximum Gasteiger partial charge on any atom is 0.326 e. The van der Waals surface area contributed by atoms with E-state index < -0.39 is 24.0 Å². The van der Waals surface area contributed by atoms with Crippen molar-refractivity contribution in [3.05, 3.63) is 0 Å². The summed E-state index contributed by atoms with van der Waals surface area (Å²) in [6, 6.07) is -1.57. The summed E-state index contributed by atoms with van der Waals surface area (Å²) >= 11 is 0. The Labute approximate surface area is 124 Å². The molecule has 0 heterocycles. The maximum absolute atomic E-state index is 12.0. The number of nitrogens with zero attached hydrogens (tertiary/aromatic N) is 1. The smallest absolute Gasteiger partial charge is 0.326 e. The van der Waals surface area contributed by atoms with Gasteiger partial charge in [-0.15, -0.1) is 0 Å². The topological polar surface area (TPSA) is 116 Å². The van der Waals surface area contributed by atoms with Crippen LogP contribution in [0.15, 0.2) is 0 Å². The number of aliphatic carboxylic acids is 2. The first-order valence-corrected chi connectivity index (χ1v) is 7.00. The van der Waals surface area contributed by atoms with Gasteiger partial charge in [0.25, 0.3) is 0 Å². The number of carboxylic acids is 2. The zero-order valence-corrected chi connectivity index (χ0v) is 12.5. The van der Waals surface area contributed by atoms with Crippen LogP contribution in [0.2, 0.25) is 0 Å². The fraction of sp³-hybridized carbons (Fsp3) is 0.769. The molecule has 21 heavy (non-hydrogen) atoms. The number of amides is 2. The molecule has 0 saturated carbocycles. The van der Waals surface area contributed by atoms with Crippen molar-refractivity contribution in [2.75, 3.05) is 26.3 Å². The van der Waals surface area contributed by atoms with Crippen LogP contribution in [0.3, 0.4) is 0 Å². The van der Waals surface area contributed by atoms with E-state index in [0.717, 1.165) is 0 Å². The number of hydrogen-bond acceptors (Lipinski definition) is 4. The van der Waals surface area contributed by atoms with Gasteiger partial charge in [0.2, 0.25) is 0 Å². The molecule has 0 aromatic heterocycles. The fourth-order valence-corrected chi connectivity index (χ4v) is 1.68. The number of likely N-dealkylation sites (N-methyl/N-ethyl adjacent to an activating group) is 1. The first-order chi connectivity index (χ1) is 9.92. The highest BCUT2D eigenvalue weighted by atomic mass is 16.5. The quantitative estimate of drug-likeness (QED) is 0.485. The maximum atomic E-state index is 12.0. The molecule has 0 aliphatic rings. The third-order valence-corrected chi connectivity index (χ3v) is 2.86. The van der Waals surface area contributed by atoms with Gasteiger partial charge in [0.05, 0.1) is 6.61 Å². The first-order valence-electron chi connectivity index (χ1n) is 7.00. The molecule has 0 aromatic rings. The zero-order valence-electron chi connectivity index (χ0n) is 12.5. The van der Waals surface area contributed by atoms with Crippen LogP contribution in [0.5, 0.6) is 0 Å². The van der Waals surface area contributed by atoms with Crippen LogP contribution in [0, 0.1) is 0 Å². The monoisotopic (exact) mass is 304 g/mol. The highest BCUT2D eigenvalue weighted by Crippen LogP contribution is 2.03. The standard InChI is InChI=1S/C13H24N2O6/c1-3-15(8-9-21-4-2)13(20)14-10(12(18)19)6-5-7-11(16)17/h10H,3-9H2,1-2H3,(H,14,20)(H,16,17)(H,18,19)/t10-/m1/s1. The summed E-state index contributed by atoms with van der Waals surface area (Å²) in [5.74, 6) is -2.16. The molecule has 0 radical (unpaired) electrons. The van der Waals surface area contributed by atoms with E-state index in [4.69, 9.17) is 14.9 Å². The SMILES string of the molecule is CCOCCN(CC)C(=O)N[C@H](CCCC(=O)O)C(=O)O. The Morgan fingerprint density at radius 2 is 1.90 bits per heavy atom. The molecule has 0 spiro atoms. The Morgan fingerprint density at radius 3 is 2.38 bits per heavy atom. The second-order valence-corrected chi connectivity index (χ2v) is 4.40. The predicted octanol–water partition coefficient (Wildman–Crippen LogP) is 0.763. The third kappa shape index (κ3) is 8.85. The van der Waals surface area contributed by atoms with Gasteiger partial charge in [-0.3, -0.25) is 4.79 Å². The number of rotatable bonds is 11. The van der Waals surface area contributed by atoms with E-state index in [1.54, 1.807) is 6.92 Å². The Balaban J connectivity index is 4.35. The van der Waals surface area contributed by atoms with Crippen LogP contribution in [0.1, 0.15) is 33.1 Å². The predicted molar refractivity (Wildman–Crippen MR) is 75.2 cm³/mol. The fourth-order valence-electron chi connectivity index (χ4n) is 1.68. The molecule has 122 valence electrons. The molecule has 0 aliphatic carbocycles. The minimum atomic E-state index is -1.17. The molecular formula is C13H24N2O6. The van der Waals surface area contributed by atoms with Gasteiger partial charge in [-0.25, -0.2) is 9.59 Å². The van der Waals surface area contributed by atoms with Gasteiger partial charge in [-0.2, -0.15) is 0 Å². The van der Waals surface area contributed by atoms with Gasteiger partial charge in [0.1, 0.15) is 6.04 Å². The molecule has 0 saturated heterocycles. The molecule has 0 aliphatic heterocycles. The van der Waals surface area contributed by atoms with Crippen molar-refractivity contribution in [3.63, 3.8) is 0 Å². The number of urea groups is 1. The van der Waals surface area contributed by atoms with E-state index >= 15 is 0 Å². The third-order valence-electron chi connectivity index (χ3n) is 2.86.